The zero-order chi connectivity index (χ0) is 13.8. The molecule has 19 heavy (non-hydrogen) atoms. The summed E-state index contributed by atoms with van der Waals surface area (Å²) in [7, 11) is 0. The molecule has 0 radical (unpaired) electrons. The van der Waals surface area contributed by atoms with Crippen molar-refractivity contribution >= 4 is 11.9 Å². The zero-order valence-electron chi connectivity index (χ0n) is 10.8. The van der Waals surface area contributed by atoms with Gasteiger partial charge in [-0.15, -0.1) is 0 Å². The average Bonchev–Trinajstić information content (AvgIpc) is 3.22. The lowest BCUT2D eigenvalue weighted by molar-refractivity contribution is -0.133. The quantitative estimate of drug-likeness (QED) is 0.849. The summed E-state index contributed by atoms with van der Waals surface area (Å²) in [5.41, 5.74) is 0.0739. The Labute approximate surface area is 111 Å². The first-order valence-electron chi connectivity index (χ1n) is 6.38. The van der Waals surface area contributed by atoms with Gasteiger partial charge in [0, 0.05) is 12.6 Å². The summed E-state index contributed by atoms with van der Waals surface area (Å²) < 4.78 is 5.35. The molecule has 0 heterocycles. The number of aromatic carboxylic acids is 1. The highest BCUT2D eigenvalue weighted by molar-refractivity contribution is 5.91. The van der Waals surface area contributed by atoms with Crippen molar-refractivity contribution in [3.63, 3.8) is 0 Å². The highest BCUT2D eigenvalue weighted by Crippen LogP contribution is 2.26. The van der Waals surface area contributed by atoms with Crippen molar-refractivity contribution in [2.45, 2.75) is 25.8 Å². The van der Waals surface area contributed by atoms with Gasteiger partial charge in [-0.1, -0.05) is 12.1 Å². The number of amides is 1. The van der Waals surface area contributed by atoms with Gasteiger partial charge in [-0.25, -0.2) is 4.79 Å². The fourth-order valence-corrected chi connectivity index (χ4v) is 2.02. The number of carbonyl (C=O) groups is 2. The Bertz CT molecular complexity index is 482. The summed E-state index contributed by atoms with van der Waals surface area (Å²) >= 11 is 0. The topological polar surface area (TPSA) is 66.8 Å². The van der Waals surface area contributed by atoms with Crippen LogP contribution in [0.3, 0.4) is 0 Å². The van der Waals surface area contributed by atoms with E-state index in [1.807, 2.05) is 6.92 Å². The maximum absolute atomic E-state index is 12.0. The van der Waals surface area contributed by atoms with Gasteiger partial charge in [0.05, 0.1) is 0 Å². The first-order chi connectivity index (χ1) is 9.13. The Morgan fingerprint density at radius 1 is 1.37 bits per heavy atom. The van der Waals surface area contributed by atoms with E-state index in [9.17, 15) is 9.59 Å². The van der Waals surface area contributed by atoms with E-state index in [0.29, 0.717) is 12.6 Å². The van der Waals surface area contributed by atoms with Crippen LogP contribution in [-0.4, -0.2) is 41.1 Å². The van der Waals surface area contributed by atoms with Crippen LogP contribution in [0.2, 0.25) is 0 Å². The van der Waals surface area contributed by atoms with E-state index in [0.717, 1.165) is 12.8 Å². The van der Waals surface area contributed by atoms with Crippen LogP contribution in [-0.2, 0) is 4.79 Å². The molecule has 1 fully saturated rings. The van der Waals surface area contributed by atoms with Crippen molar-refractivity contribution in [1.82, 2.24) is 4.90 Å². The van der Waals surface area contributed by atoms with Gasteiger partial charge in [0.1, 0.15) is 11.3 Å². The Morgan fingerprint density at radius 2 is 2.05 bits per heavy atom. The highest BCUT2D eigenvalue weighted by atomic mass is 16.5. The second-order valence-corrected chi connectivity index (χ2v) is 4.50. The number of benzene rings is 1. The fourth-order valence-electron chi connectivity index (χ4n) is 2.02. The van der Waals surface area contributed by atoms with E-state index in [-0.39, 0.29) is 23.8 Å². The number of nitrogens with zero attached hydrogens (tertiary/aromatic N) is 1. The van der Waals surface area contributed by atoms with Crippen molar-refractivity contribution in [2.75, 3.05) is 13.2 Å². The van der Waals surface area contributed by atoms with Crippen LogP contribution in [0.4, 0.5) is 0 Å². The molecule has 1 saturated carbocycles. The zero-order valence-corrected chi connectivity index (χ0v) is 10.8. The van der Waals surface area contributed by atoms with E-state index in [4.69, 9.17) is 9.84 Å². The van der Waals surface area contributed by atoms with Gasteiger partial charge >= 0.3 is 5.97 Å². The van der Waals surface area contributed by atoms with Gasteiger partial charge in [-0.05, 0) is 31.9 Å². The minimum absolute atomic E-state index is 0.0739. The maximum Gasteiger partial charge on any atom is 0.339 e. The summed E-state index contributed by atoms with van der Waals surface area (Å²) in [5, 5.41) is 9.01. The molecule has 102 valence electrons. The molecule has 0 aromatic heterocycles. The van der Waals surface area contributed by atoms with Crippen molar-refractivity contribution in [1.29, 1.82) is 0 Å². The third kappa shape index (κ3) is 3.24. The summed E-state index contributed by atoms with van der Waals surface area (Å²) in [6, 6.07) is 6.67. The van der Waals surface area contributed by atoms with Crippen molar-refractivity contribution in [3.8, 4) is 5.75 Å². The van der Waals surface area contributed by atoms with Crippen LogP contribution in [0.1, 0.15) is 30.1 Å². The van der Waals surface area contributed by atoms with Gasteiger partial charge < -0.3 is 14.7 Å². The maximum atomic E-state index is 12.0. The van der Waals surface area contributed by atoms with Gasteiger partial charge in [-0.3, -0.25) is 4.79 Å². The molecule has 2 rings (SSSR count). The summed E-state index contributed by atoms with van der Waals surface area (Å²) in [5.74, 6) is -0.919. The molecule has 5 nitrogen and oxygen atoms in total. The van der Waals surface area contributed by atoms with Crippen LogP contribution in [0, 0.1) is 0 Å². The Balaban J connectivity index is 1.98. The van der Waals surface area contributed by atoms with E-state index < -0.39 is 5.97 Å². The molecule has 0 unspecified atom stereocenters. The third-order valence-corrected chi connectivity index (χ3v) is 3.12. The first-order valence-corrected chi connectivity index (χ1v) is 6.38. The molecule has 0 aliphatic heterocycles. The molecule has 1 aliphatic carbocycles. The molecule has 1 N–H and O–H groups in total. The second-order valence-electron chi connectivity index (χ2n) is 4.50. The molecule has 1 amide bonds. The lowest BCUT2D eigenvalue weighted by Crippen LogP contribution is -2.36. The summed E-state index contributed by atoms with van der Waals surface area (Å²) in [6.45, 7) is 2.48. The van der Waals surface area contributed by atoms with Crippen LogP contribution in [0.15, 0.2) is 24.3 Å². The number of hydrogen-bond donors (Lipinski definition) is 1. The summed E-state index contributed by atoms with van der Waals surface area (Å²) in [4.78, 5) is 24.7. The molecular formula is C14H17NO4. The smallest absolute Gasteiger partial charge is 0.339 e. The molecule has 1 aliphatic rings. The number of hydrogen-bond acceptors (Lipinski definition) is 3. The molecule has 0 spiro atoms. The standard InChI is InChI=1S/C14H17NO4/c1-2-15(10-7-8-10)13(16)9-19-12-6-4-3-5-11(12)14(17)18/h3-6,10H,2,7-9H2,1H3,(H,17,18). The number of carboxylic acid groups (broad SMARTS) is 1. The van der Waals surface area contributed by atoms with Gasteiger partial charge in [0.15, 0.2) is 6.61 Å². The number of carbonyl (C=O) groups excluding carboxylic acids is 1. The number of para-hydroxylation sites is 1. The number of ether oxygens (including phenoxy) is 1. The minimum atomic E-state index is -1.06. The van der Waals surface area contributed by atoms with E-state index in [1.165, 1.54) is 6.07 Å². The predicted octanol–water partition coefficient (Wildman–Crippen LogP) is 1.77. The number of carboxylic acids is 1. The molecule has 5 heteroatoms. The van der Waals surface area contributed by atoms with Gasteiger partial charge in [-0.2, -0.15) is 0 Å². The molecule has 0 saturated heterocycles. The largest absolute Gasteiger partial charge is 0.483 e. The van der Waals surface area contributed by atoms with Crippen molar-refractivity contribution in [2.24, 2.45) is 0 Å². The first kappa shape index (κ1) is 13.4. The monoisotopic (exact) mass is 263 g/mol. The number of likely N-dealkylation sites (N-methyl/N-ethyl adjacent to an activating group) is 1. The van der Waals surface area contributed by atoms with Crippen LogP contribution in [0.5, 0.6) is 5.75 Å². The van der Waals surface area contributed by atoms with E-state index >= 15 is 0 Å². The summed E-state index contributed by atoms with van der Waals surface area (Å²) in [6.07, 6.45) is 2.09. The molecule has 0 bridgehead atoms. The van der Waals surface area contributed by atoms with E-state index in [1.54, 1.807) is 23.1 Å². The second kappa shape index (κ2) is 5.73. The molecule has 0 atom stereocenters. The lowest BCUT2D eigenvalue weighted by atomic mass is 10.2. The minimum Gasteiger partial charge on any atom is -0.483 e. The molecule has 1 aromatic carbocycles. The van der Waals surface area contributed by atoms with Crippen molar-refractivity contribution < 1.29 is 19.4 Å². The predicted molar refractivity (Wildman–Crippen MR) is 69.3 cm³/mol. The Kier molecular flexibility index (Phi) is 4.04. The Hall–Kier alpha value is -2.04. The Morgan fingerprint density at radius 3 is 2.63 bits per heavy atom. The average molecular weight is 263 g/mol. The number of rotatable bonds is 6. The molecule has 1 aromatic rings. The fraction of sp³-hybridized carbons (Fsp3) is 0.429. The van der Waals surface area contributed by atoms with Crippen molar-refractivity contribution in [3.05, 3.63) is 29.8 Å². The normalized spacial score (nSPS) is 13.9. The SMILES string of the molecule is CCN(C(=O)COc1ccccc1C(=O)O)C1CC1. The molecular weight excluding hydrogens is 246 g/mol. The van der Waals surface area contributed by atoms with Crippen LogP contribution in [0.25, 0.3) is 0 Å². The third-order valence-electron chi connectivity index (χ3n) is 3.12. The van der Waals surface area contributed by atoms with Gasteiger partial charge in [0.2, 0.25) is 0 Å². The van der Waals surface area contributed by atoms with Crippen LogP contribution < -0.4 is 4.74 Å². The van der Waals surface area contributed by atoms with E-state index in [2.05, 4.69) is 0 Å². The lowest BCUT2D eigenvalue weighted by Gasteiger charge is -2.20. The highest BCUT2D eigenvalue weighted by Gasteiger charge is 2.31. The van der Waals surface area contributed by atoms with Crippen LogP contribution >= 0.6 is 0 Å². The van der Waals surface area contributed by atoms with Gasteiger partial charge in [0.25, 0.3) is 5.91 Å².